The Morgan fingerprint density at radius 1 is 1.52 bits per heavy atom. The number of aryl methyl sites for hydroxylation is 1. The maximum Gasteiger partial charge on any atom is 0.433 e. The molecule has 2 rings (SSSR count). The van der Waals surface area contributed by atoms with Crippen LogP contribution >= 0.6 is 0 Å². The number of nitrogens with one attached hydrogen (secondary N) is 1. The Kier molecular flexibility index (Phi) is 4.55. The van der Waals surface area contributed by atoms with Gasteiger partial charge in [-0.25, -0.2) is 0 Å². The average molecular weight is 304 g/mol. The van der Waals surface area contributed by atoms with Crippen LogP contribution in [0.2, 0.25) is 0 Å². The van der Waals surface area contributed by atoms with Crippen LogP contribution in [0.1, 0.15) is 35.9 Å². The highest BCUT2D eigenvalue weighted by atomic mass is 19.4. The van der Waals surface area contributed by atoms with Crippen LogP contribution in [0.3, 0.4) is 0 Å². The fraction of sp³-hybridized carbons (Fsp3) is 0.692. The number of carbonyl (C=O) groups is 1. The lowest BCUT2D eigenvalue weighted by molar-refractivity contribution is -0.143. The number of aromatic nitrogens is 2. The van der Waals surface area contributed by atoms with Gasteiger partial charge in [0, 0.05) is 25.7 Å². The van der Waals surface area contributed by atoms with Crippen LogP contribution in [-0.4, -0.2) is 46.3 Å². The number of rotatable bonds is 4. The lowest BCUT2D eigenvalue weighted by atomic mass is 10.2. The second-order valence-electron chi connectivity index (χ2n) is 5.17. The maximum atomic E-state index is 12.7. The first kappa shape index (κ1) is 15.8. The molecule has 0 aromatic carbocycles. The monoisotopic (exact) mass is 304 g/mol. The number of likely N-dealkylation sites (N-methyl/N-ethyl adjacent to an activating group) is 1. The Bertz CT molecular complexity index is 512. The number of hydrogen-bond acceptors (Lipinski definition) is 3. The van der Waals surface area contributed by atoms with Gasteiger partial charge in [-0.05, 0) is 25.9 Å². The molecule has 1 aromatic heterocycles. The zero-order valence-electron chi connectivity index (χ0n) is 12.1. The number of halogens is 3. The summed E-state index contributed by atoms with van der Waals surface area (Å²) in [6.45, 7) is 4.39. The standard InChI is InChI=1S/C13H19F3N4O/c1-3-20-6-4-5-9(20)8-17-12(21)10-7-11(13(14,15)16)19(2)18-10/h7,9H,3-6,8H2,1-2H3,(H,17,21)/t9-/m0/s1. The molecule has 0 saturated carbocycles. The Morgan fingerprint density at radius 3 is 2.81 bits per heavy atom. The number of hydrogen-bond donors (Lipinski definition) is 1. The SMILES string of the molecule is CCN1CCC[C@H]1CNC(=O)c1cc(C(F)(F)F)n(C)n1. The third-order valence-corrected chi connectivity index (χ3v) is 3.81. The Hall–Kier alpha value is -1.57. The van der Waals surface area contributed by atoms with Gasteiger partial charge in [-0.3, -0.25) is 14.4 Å². The third-order valence-electron chi connectivity index (χ3n) is 3.81. The summed E-state index contributed by atoms with van der Waals surface area (Å²) in [5, 5.41) is 6.31. The molecule has 1 aliphatic heterocycles. The topological polar surface area (TPSA) is 50.2 Å². The van der Waals surface area contributed by atoms with Crippen LogP contribution in [0, 0.1) is 0 Å². The number of amides is 1. The minimum atomic E-state index is -4.51. The molecule has 1 fully saturated rings. The molecule has 0 bridgehead atoms. The predicted molar refractivity (Wildman–Crippen MR) is 70.8 cm³/mol. The van der Waals surface area contributed by atoms with Crippen molar-refractivity contribution in [1.82, 2.24) is 20.0 Å². The second-order valence-corrected chi connectivity index (χ2v) is 5.17. The van der Waals surface area contributed by atoms with Crippen molar-refractivity contribution in [3.8, 4) is 0 Å². The van der Waals surface area contributed by atoms with Crippen molar-refractivity contribution in [2.45, 2.75) is 32.0 Å². The maximum absolute atomic E-state index is 12.7. The van der Waals surface area contributed by atoms with E-state index in [0.717, 1.165) is 32.0 Å². The van der Waals surface area contributed by atoms with Crippen molar-refractivity contribution in [3.05, 3.63) is 17.5 Å². The number of carbonyl (C=O) groups excluding carboxylic acids is 1. The Balaban J connectivity index is 1.98. The van der Waals surface area contributed by atoms with Gasteiger partial charge >= 0.3 is 6.18 Å². The molecule has 1 aliphatic rings. The van der Waals surface area contributed by atoms with Crippen LogP contribution in [-0.2, 0) is 13.2 Å². The fourth-order valence-corrected chi connectivity index (χ4v) is 2.69. The van der Waals surface area contributed by atoms with E-state index in [1.54, 1.807) is 0 Å². The molecule has 1 saturated heterocycles. The van der Waals surface area contributed by atoms with E-state index in [2.05, 4.69) is 22.2 Å². The summed E-state index contributed by atoms with van der Waals surface area (Å²) in [5.41, 5.74) is -1.13. The number of likely N-dealkylation sites (tertiary alicyclic amines) is 1. The van der Waals surface area contributed by atoms with E-state index >= 15 is 0 Å². The minimum absolute atomic E-state index is 0.203. The van der Waals surface area contributed by atoms with E-state index in [-0.39, 0.29) is 11.7 Å². The van der Waals surface area contributed by atoms with Crippen molar-refractivity contribution in [2.75, 3.05) is 19.6 Å². The highest BCUT2D eigenvalue weighted by Gasteiger charge is 2.35. The third kappa shape index (κ3) is 3.55. The zero-order valence-corrected chi connectivity index (χ0v) is 12.1. The summed E-state index contributed by atoms with van der Waals surface area (Å²) in [6.07, 6.45) is -2.44. The molecule has 1 N–H and O–H groups in total. The van der Waals surface area contributed by atoms with Crippen LogP contribution < -0.4 is 5.32 Å². The summed E-state index contributed by atoms with van der Waals surface area (Å²) >= 11 is 0. The largest absolute Gasteiger partial charge is 0.433 e. The van der Waals surface area contributed by atoms with Crippen molar-refractivity contribution >= 4 is 5.91 Å². The Morgan fingerprint density at radius 2 is 2.24 bits per heavy atom. The molecule has 118 valence electrons. The van der Waals surface area contributed by atoms with Crippen molar-refractivity contribution in [3.63, 3.8) is 0 Å². The van der Waals surface area contributed by atoms with Gasteiger partial charge in [-0.15, -0.1) is 0 Å². The van der Waals surface area contributed by atoms with E-state index in [9.17, 15) is 18.0 Å². The zero-order chi connectivity index (χ0) is 15.6. The Labute approximate surface area is 121 Å². The summed E-state index contributed by atoms with van der Waals surface area (Å²) in [7, 11) is 1.18. The summed E-state index contributed by atoms with van der Waals surface area (Å²) in [6, 6.07) is 1.03. The minimum Gasteiger partial charge on any atom is -0.349 e. The summed E-state index contributed by atoms with van der Waals surface area (Å²) < 4.78 is 38.6. The normalized spacial score (nSPS) is 20.0. The van der Waals surface area contributed by atoms with Gasteiger partial charge in [0.25, 0.3) is 5.91 Å². The lowest BCUT2D eigenvalue weighted by Crippen LogP contribution is -2.40. The molecule has 5 nitrogen and oxygen atoms in total. The first-order chi connectivity index (χ1) is 9.82. The quantitative estimate of drug-likeness (QED) is 0.920. The molecule has 0 radical (unpaired) electrons. The molecule has 1 aromatic rings. The smallest absolute Gasteiger partial charge is 0.349 e. The van der Waals surface area contributed by atoms with Crippen LogP contribution in [0.25, 0.3) is 0 Å². The van der Waals surface area contributed by atoms with Gasteiger partial charge in [0.05, 0.1) is 0 Å². The van der Waals surface area contributed by atoms with Crippen LogP contribution in [0.5, 0.6) is 0 Å². The van der Waals surface area contributed by atoms with Gasteiger partial charge in [0.15, 0.2) is 5.69 Å². The molecule has 1 amide bonds. The molecule has 21 heavy (non-hydrogen) atoms. The van der Waals surface area contributed by atoms with E-state index < -0.39 is 17.8 Å². The molecule has 0 unspecified atom stereocenters. The predicted octanol–water partition coefficient (Wildman–Crippen LogP) is 1.65. The van der Waals surface area contributed by atoms with Gasteiger partial charge in [0.1, 0.15) is 5.69 Å². The van der Waals surface area contributed by atoms with Gasteiger partial charge in [-0.2, -0.15) is 18.3 Å². The molecule has 1 atom stereocenters. The van der Waals surface area contributed by atoms with Gasteiger partial charge in [0.2, 0.25) is 0 Å². The first-order valence-corrected chi connectivity index (χ1v) is 6.96. The average Bonchev–Trinajstić information content (AvgIpc) is 3.00. The van der Waals surface area contributed by atoms with Gasteiger partial charge < -0.3 is 5.32 Å². The first-order valence-electron chi connectivity index (χ1n) is 6.96. The van der Waals surface area contributed by atoms with Gasteiger partial charge in [-0.1, -0.05) is 6.92 Å². The molecule has 0 aliphatic carbocycles. The highest BCUT2D eigenvalue weighted by molar-refractivity contribution is 5.92. The summed E-state index contributed by atoms with van der Waals surface area (Å²) in [4.78, 5) is 14.2. The van der Waals surface area contributed by atoms with E-state index in [4.69, 9.17) is 0 Å². The van der Waals surface area contributed by atoms with Crippen molar-refractivity contribution in [1.29, 1.82) is 0 Å². The highest BCUT2D eigenvalue weighted by Crippen LogP contribution is 2.29. The molecular weight excluding hydrogens is 285 g/mol. The number of nitrogens with zero attached hydrogens (tertiary/aromatic N) is 3. The second kappa shape index (κ2) is 6.05. The summed E-state index contributed by atoms with van der Waals surface area (Å²) in [5.74, 6) is -0.566. The van der Waals surface area contributed by atoms with Crippen LogP contribution in [0.4, 0.5) is 13.2 Å². The van der Waals surface area contributed by atoms with E-state index in [1.807, 2.05) is 0 Å². The van der Waals surface area contributed by atoms with E-state index in [1.165, 1.54) is 7.05 Å². The number of alkyl halides is 3. The van der Waals surface area contributed by atoms with Crippen molar-refractivity contribution in [2.24, 2.45) is 7.05 Å². The molecule has 0 spiro atoms. The molecule has 8 heteroatoms. The van der Waals surface area contributed by atoms with Crippen LogP contribution in [0.15, 0.2) is 6.07 Å². The molecular formula is C13H19F3N4O. The van der Waals surface area contributed by atoms with E-state index in [0.29, 0.717) is 11.2 Å². The fourth-order valence-electron chi connectivity index (χ4n) is 2.69. The lowest BCUT2D eigenvalue weighted by Gasteiger charge is -2.22. The van der Waals surface area contributed by atoms with Crippen molar-refractivity contribution < 1.29 is 18.0 Å². The molecule has 2 heterocycles.